The maximum absolute atomic E-state index is 3.19. The zero-order valence-corrected chi connectivity index (χ0v) is 9.77. The van der Waals surface area contributed by atoms with Gasteiger partial charge in [0.2, 0.25) is 0 Å². The molecule has 0 saturated heterocycles. The van der Waals surface area contributed by atoms with Crippen molar-refractivity contribution in [3.05, 3.63) is 0 Å². The highest BCUT2D eigenvalue weighted by Crippen LogP contribution is 2.08. The minimum atomic E-state index is 0.793. The standard InChI is InChI=1S/C11H26N2/c1-5-8-11(6-2)13(4)10-7-9-12-3/h11-12H,5-10H2,1-4H3. The molecule has 0 amide bonds. The van der Waals surface area contributed by atoms with Crippen molar-refractivity contribution in [1.29, 1.82) is 0 Å². The molecule has 0 aromatic carbocycles. The third kappa shape index (κ3) is 6.05. The summed E-state index contributed by atoms with van der Waals surface area (Å²) in [5, 5.41) is 3.19. The van der Waals surface area contributed by atoms with E-state index in [2.05, 4.69) is 31.1 Å². The van der Waals surface area contributed by atoms with Crippen LogP contribution in [0, 0.1) is 0 Å². The smallest absolute Gasteiger partial charge is 0.00894 e. The number of rotatable bonds is 8. The fourth-order valence-corrected chi connectivity index (χ4v) is 1.76. The van der Waals surface area contributed by atoms with Crippen molar-refractivity contribution < 1.29 is 0 Å². The van der Waals surface area contributed by atoms with Gasteiger partial charge in [-0.1, -0.05) is 20.3 Å². The largest absolute Gasteiger partial charge is 0.320 e. The maximum atomic E-state index is 3.19. The lowest BCUT2D eigenvalue weighted by Crippen LogP contribution is -2.33. The van der Waals surface area contributed by atoms with E-state index in [9.17, 15) is 0 Å². The predicted molar refractivity (Wildman–Crippen MR) is 60.2 cm³/mol. The maximum Gasteiger partial charge on any atom is 0.00894 e. The molecule has 0 aliphatic carbocycles. The summed E-state index contributed by atoms with van der Waals surface area (Å²) in [6.07, 6.45) is 5.18. The topological polar surface area (TPSA) is 15.3 Å². The lowest BCUT2D eigenvalue weighted by molar-refractivity contribution is 0.220. The molecule has 0 bridgehead atoms. The van der Waals surface area contributed by atoms with E-state index < -0.39 is 0 Å². The van der Waals surface area contributed by atoms with Crippen molar-refractivity contribution in [1.82, 2.24) is 10.2 Å². The first-order valence-electron chi connectivity index (χ1n) is 5.61. The molecule has 0 radical (unpaired) electrons. The van der Waals surface area contributed by atoms with E-state index in [0.717, 1.165) is 12.6 Å². The van der Waals surface area contributed by atoms with Crippen LogP contribution in [-0.4, -0.2) is 38.1 Å². The summed E-state index contributed by atoms with van der Waals surface area (Å²) >= 11 is 0. The Morgan fingerprint density at radius 1 is 1.31 bits per heavy atom. The Morgan fingerprint density at radius 3 is 2.46 bits per heavy atom. The minimum absolute atomic E-state index is 0.793. The SMILES string of the molecule is CCCC(CC)N(C)CCCNC. The van der Waals surface area contributed by atoms with Crippen LogP contribution in [0.15, 0.2) is 0 Å². The lowest BCUT2D eigenvalue weighted by atomic mass is 10.1. The molecule has 0 fully saturated rings. The highest BCUT2D eigenvalue weighted by Gasteiger charge is 2.10. The van der Waals surface area contributed by atoms with Crippen LogP contribution >= 0.6 is 0 Å². The van der Waals surface area contributed by atoms with E-state index in [1.165, 1.54) is 32.2 Å². The number of nitrogens with zero attached hydrogens (tertiary/aromatic N) is 1. The van der Waals surface area contributed by atoms with Crippen molar-refractivity contribution in [3.63, 3.8) is 0 Å². The van der Waals surface area contributed by atoms with Gasteiger partial charge < -0.3 is 10.2 Å². The summed E-state index contributed by atoms with van der Waals surface area (Å²) in [5.74, 6) is 0. The third-order valence-corrected chi connectivity index (χ3v) is 2.65. The van der Waals surface area contributed by atoms with Gasteiger partial charge in [-0.2, -0.15) is 0 Å². The fraction of sp³-hybridized carbons (Fsp3) is 1.00. The molecular weight excluding hydrogens is 160 g/mol. The summed E-state index contributed by atoms with van der Waals surface area (Å²) in [6, 6.07) is 0.793. The number of hydrogen-bond donors (Lipinski definition) is 1. The van der Waals surface area contributed by atoms with Gasteiger partial charge in [0.25, 0.3) is 0 Å². The molecule has 1 N–H and O–H groups in total. The molecule has 0 aliphatic rings. The third-order valence-electron chi connectivity index (χ3n) is 2.65. The first-order valence-corrected chi connectivity index (χ1v) is 5.61. The van der Waals surface area contributed by atoms with Crippen LogP contribution in [0.5, 0.6) is 0 Å². The van der Waals surface area contributed by atoms with Gasteiger partial charge in [-0.25, -0.2) is 0 Å². The predicted octanol–water partition coefficient (Wildman–Crippen LogP) is 2.11. The van der Waals surface area contributed by atoms with Gasteiger partial charge >= 0.3 is 0 Å². The Kier molecular flexibility index (Phi) is 8.46. The van der Waals surface area contributed by atoms with Gasteiger partial charge in [-0.05, 0) is 46.4 Å². The molecule has 0 saturated carbocycles. The van der Waals surface area contributed by atoms with Crippen LogP contribution in [0.4, 0.5) is 0 Å². The van der Waals surface area contributed by atoms with Gasteiger partial charge in [-0.15, -0.1) is 0 Å². The normalized spacial score (nSPS) is 13.6. The second-order valence-corrected chi connectivity index (χ2v) is 3.79. The average Bonchev–Trinajstić information content (AvgIpc) is 2.14. The van der Waals surface area contributed by atoms with Crippen LogP contribution in [0.1, 0.15) is 39.5 Å². The summed E-state index contributed by atoms with van der Waals surface area (Å²) in [7, 11) is 4.27. The van der Waals surface area contributed by atoms with Crippen LogP contribution in [0.3, 0.4) is 0 Å². The molecule has 0 aromatic rings. The summed E-state index contributed by atoms with van der Waals surface area (Å²) in [5.41, 5.74) is 0. The highest BCUT2D eigenvalue weighted by atomic mass is 15.1. The summed E-state index contributed by atoms with van der Waals surface area (Å²) in [6.45, 7) is 6.91. The van der Waals surface area contributed by atoms with Gasteiger partial charge in [0.1, 0.15) is 0 Å². The molecular formula is C11H26N2. The van der Waals surface area contributed by atoms with Crippen LogP contribution in [0.2, 0.25) is 0 Å². The Hall–Kier alpha value is -0.0800. The molecule has 0 heterocycles. The van der Waals surface area contributed by atoms with Crippen molar-refractivity contribution in [3.8, 4) is 0 Å². The highest BCUT2D eigenvalue weighted by molar-refractivity contribution is 4.66. The van der Waals surface area contributed by atoms with Gasteiger partial charge in [0.05, 0.1) is 0 Å². The summed E-state index contributed by atoms with van der Waals surface area (Å²) < 4.78 is 0. The van der Waals surface area contributed by atoms with E-state index in [1.54, 1.807) is 0 Å². The molecule has 0 spiro atoms. The Bertz CT molecular complexity index is 104. The van der Waals surface area contributed by atoms with Crippen LogP contribution in [-0.2, 0) is 0 Å². The molecule has 0 rings (SSSR count). The molecule has 1 atom stereocenters. The lowest BCUT2D eigenvalue weighted by Gasteiger charge is -2.26. The Morgan fingerprint density at radius 2 is 2.00 bits per heavy atom. The van der Waals surface area contributed by atoms with Crippen molar-refractivity contribution in [2.45, 2.75) is 45.6 Å². The first kappa shape index (κ1) is 12.9. The van der Waals surface area contributed by atoms with Gasteiger partial charge in [0, 0.05) is 6.04 Å². The number of hydrogen-bond acceptors (Lipinski definition) is 2. The van der Waals surface area contributed by atoms with Crippen LogP contribution < -0.4 is 5.32 Å². The van der Waals surface area contributed by atoms with Crippen molar-refractivity contribution in [2.75, 3.05) is 27.2 Å². The Balaban J connectivity index is 3.57. The quantitative estimate of drug-likeness (QED) is 0.584. The molecule has 2 nitrogen and oxygen atoms in total. The zero-order chi connectivity index (χ0) is 10.1. The van der Waals surface area contributed by atoms with E-state index in [-0.39, 0.29) is 0 Å². The second kappa shape index (κ2) is 8.52. The first-order chi connectivity index (χ1) is 6.26. The van der Waals surface area contributed by atoms with Gasteiger partial charge in [-0.3, -0.25) is 0 Å². The van der Waals surface area contributed by atoms with E-state index in [4.69, 9.17) is 0 Å². The molecule has 0 aromatic heterocycles. The van der Waals surface area contributed by atoms with E-state index in [1.807, 2.05) is 7.05 Å². The zero-order valence-electron chi connectivity index (χ0n) is 9.77. The van der Waals surface area contributed by atoms with Crippen LogP contribution in [0.25, 0.3) is 0 Å². The van der Waals surface area contributed by atoms with Gasteiger partial charge in [0.15, 0.2) is 0 Å². The second-order valence-electron chi connectivity index (χ2n) is 3.79. The van der Waals surface area contributed by atoms with E-state index >= 15 is 0 Å². The van der Waals surface area contributed by atoms with E-state index in [0.29, 0.717) is 0 Å². The van der Waals surface area contributed by atoms with Crippen molar-refractivity contribution >= 4 is 0 Å². The molecule has 2 heteroatoms. The number of nitrogens with one attached hydrogen (secondary N) is 1. The van der Waals surface area contributed by atoms with Crippen molar-refractivity contribution in [2.24, 2.45) is 0 Å². The summed E-state index contributed by atoms with van der Waals surface area (Å²) in [4.78, 5) is 2.50. The fourth-order valence-electron chi connectivity index (χ4n) is 1.76. The molecule has 80 valence electrons. The average molecular weight is 186 g/mol. The molecule has 0 aliphatic heterocycles. The Labute approximate surface area is 83.7 Å². The monoisotopic (exact) mass is 186 g/mol. The minimum Gasteiger partial charge on any atom is -0.320 e. The molecule has 1 unspecified atom stereocenters. The molecule has 13 heavy (non-hydrogen) atoms.